The van der Waals surface area contributed by atoms with Crippen LogP contribution in [0.3, 0.4) is 0 Å². The minimum Gasteiger partial charge on any atom is -0.497 e. The minimum absolute atomic E-state index is 0.0976. The molecule has 0 saturated carbocycles. The van der Waals surface area contributed by atoms with Crippen LogP contribution in [0.15, 0.2) is 60.7 Å². The summed E-state index contributed by atoms with van der Waals surface area (Å²) in [5.74, 6) is 0.710. The highest BCUT2D eigenvalue weighted by Crippen LogP contribution is 2.25. The molecule has 0 spiro atoms. The van der Waals surface area contributed by atoms with E-state index in [0.717, 1.165) is 30.6 Å². The number of fused-ring (bicyclic) bond motifs is 1. The second-order valence-corrected chi connectivity index (χ2v) is 8.03. The topological polar surface area (TPSA) is 64.6 Å². The van der Waals surface area contributed by atoms with Gasteiger partial charge in [0.2, 0.25) is 0 Å². The number of Topliss-reactive ketones (excluding diaryl/α,β-unsaturated/α-hetero) is 1. The number of carbonyl (C=O) groups excluding carboxylic acids is 2. The van der Waals surface area contributed by atoms with Gasteiger partial charge in [0.15, 0.2) is 12.4 Å². The highest BCUT2D eigenvalue weighted by molar-refractivity contribution is 6.06. The Morgan fingerprint density at radius 1 is 0.938 bits per heavy atom. The molecule has 0 heterocycles. The molecule has 3 aromatic rings. The van der Waals surface area contributed by atoms with Crippen molar-refractivity contribution in [2.45, 2.75) is 32.6 Å². The van der Waals surface area contributed by atoms with Crippen LogP contribution in [0.5, 0.6) is 11.5 Å². The molecule has 0 aromatic heterocycles. The Bertz CT molecular complexity index is 1150. The van der Waals surface area contributed by atoms with Crippen molar-refractivity contribution in [1.29, 1.82) is 0 Å². The van der Waals surface area contributed by atoms with Crippen LogP contribution in [0.25, 0.3) is 0 Å². The molecule has 0 unspecified atom stereocenters. The molecule has 0 bridgehead atoms. The molecular weight excluding hydrogens is 402 g/mol. The number of carbonyl (C=O) groups is 2. The van der Waals surface area contributed by atoms with E-state index in [9.17, 15) is 9.59 Å². The molecule has 5 heteroatoms. The van der Waals surface area contributed by atoms with Crippen molar-refractivity contribution in [3.63, 3.8) is 0 Å². The maximum absolute atomic E-state index is 12.9. The first-order chi connectivity index (χ1) is 15.5. The van der Waals surface area contributed by atoms with Crippen LogP contribution in [0.4, 0.5) is 5.69 Å². The Morgan fingerprint density at radius 2 is 1.72 bits per heavy atom. The molecule has 4 rings (SSSR count). The summed E-state index contributed by atoms with van der Waals surface area (Å²) in [5.41, 5.74) is 5.21. The van der Waals surface area contributed by atoms with Crippen molar-refractivity contribution in [2.24, 2.45) is 0 Å². The summed E-state index contributed by atoms with van der Waals surface area (Å²) in [4.78, 5) is 25.7. The fraction of sp³-hybridized carbons (Fsp3) is 0.259. The first kappa shape index (κ1) is 21.6. The van der Waals surface area contributed by atoms with Gasteiger partial charge in [0.25, 0.3) is 5.91 Å². The number of methoxy groups -OCH3 is 1. The third-order valence-electron chi connectivity index (χ3n) is 5.84. The lowest BCUT2D eigenvalue weighted by molar-refractivity contribution is 0.0914. The van der Waals surface area contributed by atoms with Gasteiger partial charge in [-0.25, -0.2) is 0 Å². The van der Waals surface area contributed by atoms with E-state index >= 15 is 0 Å². The first-order valence-electron chi connectivity index (χ1n) is 10.9. The molecule has 0 radical (unpaired) electrons. The summed E-state index contributed by atoms with van der Waals surface area (Å²) in [6, 6.07) is 18.3. The van der Waals surface area contributed by atoms with Gasteiger partial charge in [0.1, 0.15) is 11.5 Å². The zero-order valence-electron chi connectivity index (χ0n) is 18.4. The number of ketones is 1. The Hall–Kier alpha value is -3.60. The molecule has 0 aliphatic heterocycles. The molecule has 3 aromatic carbocycles. The minimum atomic E-state index is -0.296. The number of anilines is 1. The molecule has 1 aliphatic rings. The SMILES string of the molecule is COc1ccc(NC(=O)c2ccccc2OCC(=O)c2ccc3c(c2)CCCC3)c(C)c1. The van der Waals surface area contributed by atoms with E-state index in [2.05, 4.69) is 11.4 Å². The van der Waals surface area contributed by atoms with Crippen molar-refractivity contribution >= 4 is 17.4 Å². The fourth-order valence-corrected chi connectivity index (χ4v) is 4.01. The third-order valence-corrected chi connectivity index (χ3v) is 5.84. The number of benzene rings is 3. The maximum Gasteiger partial charge on any atom is 0.259 e. The standard InChI is InChI=1S/C27H27NO4/c1-18-15-22(31-2)13-14-24(18)28-27(30)23-9-5-6-10-26(23)32-17-25(29)21-12-11-19-7-3-4-8-20(19)16-21/h5-6,9-16H,3-4,7-8,17H2,1-2H3,(H,28,30). The molecular formula is C27H27NO4. The van der Waals surface area contributed by atoms with Gasteiger partial charge >= 0.3 is 0 Å². The van der Waals surface area contributed by atoms with E-state index in [4.69, 9.17) is 9.47 Å². The van der Waals surface area contributed by atoms with Gasteiger partial charge in [-0.1, -0.05) is 24.3 Å². The van der Waals surface area contributed by atoms with Crippen molar-refractivity contribution in [3.05, 3.63) is 88.5 Å². The van der Waals surface area contributed by atoms with E-state index in [1.807, 2.05) is 25.1 Å². The van der Waals surface area contributed by atoms with Crippen molar-refractivity contribution in [3.8, 4) is 11.5 Å². The van der Waals surface area contributed by atoms with Gasteiger partial charge in [0.05, 0.1) is 12.7 Å². The quantitative estimate of drug-likeness (QED) is 0.511. The predicted molar refractivity (Wildman–Crippen MR) is 125 cm³/mol. The summed E-state index contributed by atoms with van der Waals surface area (Å²) in [6.45, 7) is 1.78. The first-order valence-corrected chi connectivity index (χ1v) is 10.9. The molecule has 1 aliphatic carbocycles. The Balaban J connectivity index is 1.45. The van der Waals surface area contributed by atoms with Crippen LogP contribution >= 0.6 is 0 Å². The number of hydrogen-bond donors (Lipinski definition) is 1. The normalized spacial score (nSPS) is 12.6. The van der Waals surface area contributed by atoms with Crippen LogP contribution in [0.1, 0.15) is 50.2 Å². The molecule has 5 nitrogen and oxygen atoms in total. The zero-order valence-corrected chi connectivity index (χ0v) is 18.4. The van der Waals surface area contributed by atoms with Gasteiger partial charge in [-0.2, -0.15) is 0 Å². The van der Waals surface area contributed by atoms with E-state index in [1.54, 1.807) is 43.5 Å². The lowest BCUT2D eigenvalue weighted by Crippen LogP contribution is -2.17. The fourth-order valence-electron chi connectivity index (χ4n) is 4.01. The molecule has 0 atom stereocenters. The monoisotopic (exact) mass is 429 g/mol. The molecule has 1 N–H and O–H groups in total. The lowest BCUT2D eigenvalue weighted by Gasteiger charge is -2.16. The average Bonchev–Trinajstić information content (AvgIpc) is 2.83. The van der Waals surface area contributed by atoms with Gasteiger partial charge in [-0.3, -0.25) is 9.59 Å². The lowest BCUT2D eigenvalue weighted by atomic mass is 9.90. The van der Waals surface area contributed by atoms with Crippen LogP contribution in [-0.2, 0) is 12.8 Å². The largest absolute Gasteiger partial charge is 0.497 e. The smallest absolute Gasteiger partial charge is 0.259 e. The number of amides is 1. The summed E-state index contributed by atoms with van der Waals surface area (Å²) in [5, 5.41) is 2.91. The maximum atomic E-state index is 12.9. The molecule has 164 valence electrons. The molecule has 0 fully saturated rings. The van der Waals surface area contributed by atoms with E-state index in [-0.39, 0.29) is 18.3 Å². The predicted octanol–water partition coefficient (Wildman–Crippen LogP) is 5.40. The Kier molecular flexibility index (Phi) is 6.55. The number of para-hydroxylation sites is 1. The van der Waals surface area contributed by atoms with Crippen LogP contribution in [0, 0.1) is 6.92 Å². The number of rotatable bonds is 7. The summed E-state index contributed by atoms with van der Waals surface area (Å²) >= 11 is 0. The van der Waals surface area contributed by atoms with Crippen LogP contribution < -0.4 is 14.8 Å². The second kappa shape index (κ2) is 9.69. The van der Waals surface area contributed by atoms with E-state index < -0.39 is 0 Å². The summed E-state index contributed by atoms with van der Waals surface area (Å²) < 4.78 is 11.0. The van der Waals surface area contributed by atoms with E-state index in [1.165, 1.54) is 17.5 Å². The number of ether oxygens (including phenoxy) is 2. The third kappa shape index (κ3) is 4.83. The van der Waals surface area contributed by atoms with E-state index in [0.29, 0.717) is 22.6 Å². The van der Waals surface area contributed by atoms with Gasteiger partial charge in [-0.15, -0.1) is 0 Å². The van der Waals surface area contributed by atoms with Crippen molar-refractivity contribution < 1.29 is 19.1 Å². The molecule has 32 heavy (non-hydrogen) atoms. The zero-order chi connectivity index (χ0) is 22.5. The summed E-state index contributed by atoms with van der Waals surface area (Å²) in [6.07, 6.45) is 4.47. The number of nitrogens with one attached hydrogen (secondary N) is 1. The Morgan fingerprint density at radius 3 is 2.50 bits per heavy atom. The highest BCUT2D eigenvalue weighted by Gasteiger charge is 2.17. The van der Waals surface area contributed by atoms with Gasteiger partial charge in [-0.05, 0) is 85.7 Å². The molecule has 0 saturated heterocycles. The Labute approximate surface area is 188 Å². The van der Waals surface area contributed by atoms with Gasteiger partial charge in [0, 0.05) is 11.3 Å². The van der Waals surface area contributed by atoms with Crippen molar-refractivity contribution in [2.75, 3.05) is 19.0 Å². The highest BCUT2D eigenvalue weighted by atomic mass is 16.5. The average molecular weight is 430 g/mol. The van der Waals surface area contributed by atoms with Crippen LogP contribution in [0.2, 0.25) is 0 Å². The second-order valence-electron chi connectivity index (χ2n) is 8.03. The van der Waals surface area contributed by atoms with Crippen LogP contribution in [-0.4, -0.2) is 25.4 Å². The number of aryl methyl sites for hydroxylation is 3. The van der Waals surface area contributed by atoms with Crippen molar-refractivity contribution in [1.82, 2.24) is 0 Å². The molecule has 1 amide bonds. The van der Waals surface area contributed by atoms with Gasteiger partial charge < -0.3 is 14.8 Å². The summed E-state index contributed by atoms with van der Waals surface area (Å²) in [7, 11) is 1.60. The number of hydrogen-bond acceptors (Lipinski definition) is 4.